The molecule has 0 atom stereocenters. The topological polar surface area (TPSA) is 57.7 Å². The number of nitrogens with zero attached hydrogens (tertiary/aromatic N) is 2. The quantitative estimate of drug-likeness (QED) is 0.737. The molecule has 150 valence electrons. The van der Waals surface area contributed by atoms with Gasteiger partial charge in [0.05, 0.1) is 0 Å². The fraction of sp³-hybridized carbons (Fsp3) is 0.350. The molecule has 1 heterocycles. The zero-order chi connectivity index (χ0) is 20.3. The van der Waals surface area contributed by atoms with Crippen LogP contribution in [0.1, 0.15) is 18.4 Å². The molecule has 2 aromatic carbocycles. The average molecular weight is 425 g/mol. The first-order valence-electron chi connectivity index (χ1n) is 9.03. The highest BCUT2D eigenvalue weighted by Gasteiger charge is 2.34. The van der Waals surface area contributed by atoms with Crippen molar-refractivity contribution in [2.24, 2.45) is 5.92 Å². The van der Waals surface area contributed by atoms with Crippen molar-refractivity contribution >= 4 is 27.5 Å². The lowest BCUT2D eigenvalue weighted by atomic mass is 9.96. The molecular formula is C20H22ClFN2O3S. The summed E-state index contributed by atoms with van der Waals surface area (Å²) in [5.74, 6) is -1.04. The lowest BCUT2D eigenvalue weighted by Crippen LogP contribution is -2.43. The van der Waals surface area contributed by atoms with E-state index >= 15 is 0 Å². The molecule has 3 rings (SSSR count). The first-order valence-corrected chi connectivity index (χ1v) is 10.8. The number of amides is 1. The standard InChI is InChI=1S/C20H22ClFN2O3S/c1-23(14-15-5-4-6-17(21)13-15)20(25)16-9-11-24(12-10-16)28(26,27)19-8-3-2-7-18(19)22/h2-8,13,16H,9-12,14H2,1H3. The number of carbonyl (C=O) groups is 1. The summed E-state index contributed by atoms with van der Waals surface area (Å²) in [7, 11) is -2.17. The van der Waals surface area contributed by atoms with Crippen LogP contribution in [0.25, 0.3) is 0 Å². The molecule has 2 aromatic rings. The van der Waals surface area contributed by atoms with Crippen LogP contribution in [0.15, 0.2) is 53.4 Å². The van der Waals surface area contributed by atoms with Gasteiger partial charge in [-0.1, -0.05) is 35.9 Å². The van der Waals surface area contributed by atoms with Gasteiger partial charge in [-0.2, -0.15) is 4.31 Å². The fourth-order valence-electron chi connectivity index (χ4n) is 3.43. The molecule has 0 radical (unpaired) electrons. The van der Waals surface area contributed by atoms with E-state index < -0.39 is 15.8 Å². The Bertz CT molecular complexity index is 959. The number of benzene rings is 2. The summed E-state index contributed by atoms with van der Waals surface area (Å²) in [6.45, 7) is 0.823. The van der Waals surface area contributed by atoms with Crippen molar-refractivity contribution in [1.29, 1.82) is 0 Å². The Morgan fingerprint density at radius 1 is 1.18 bits per heavy atom. The smallest absolute Gasteiger partial charge is 0.245 e. The first kappa shape index (κ1) is 20.8. The van der Waals surface area contributed by atoms with Crippen LogP contribution in [0, 0.1) is 11.7 Å². The highest BCUT2D eigenvalue weighted by molar-refractivity contribution is 7.89. The van der Waals surface area contributed by atoms with E-state index in [9.17, 15) is 17.6 Å². The predicted molar refractivity (Wildman–Crippen MR) is 106 cm³/mol. The molecule has 0 unspecified atom stereocenters. The second-order valence-electron chi connectivity index (χ2n) is 6.93. The van der Waals surface area contributed by atoms with Gasteiger partial charge in [0.1, 0.15) is 10.7 Å². The SMILES string of the molecule is CN(Cc1cccc(Cl)c1)C(=O)C1CCN(S(=O)(=O)c2ccccc2F)CC1. The largest absolute Gasteiger partial charge is 0.341 e. The van der Waals surface area contributed by atoms with Crippen LogP contribution >= 0.6 is 11.6 Å². The molecule has 1 aliphatic rings. The number of piperidine rings is 1. The minimum atomic E-state index is -3.90. The van der Waals surface area contributed by atoms with Crippen molar-refractivity contribution in [3.63, 3.8) is 0 Å². The van der Waals surface area contributed by atoms with E-state index in [1.54, 1.807) is 18.0 Å². The van der Waals surface area contributed by atoms with E-state index in [2.05, 4.69) is 0 Å². The molecule has 1 aliphatic heterocycles. The molecule has 0 N–H and O–H groups in total. The molecule has 8 heteroatoms. The van der Waals surface area contributed by atoms with Crippen molar-refractivity contribution in [3.8, 4) is 0 Å². The van der Waals surface area contributed by atoms with E-state index in [4.69, 9.17) is 11.6 Å². The summed E-state index contributed by atoms with van der Waals surface area (Å²) < 4.78 is 40.5. The summed E-state index contributed by atoms with van der Waals surface area (Å²) in [6.07, 6.45) is 0.818. The van der Waals surface area contributed by atoms with Crippen LogP contribution in [0.5, 0.6) is 0 Å². The molecule has 1 saturated heterocycles. The van der Waals surface area contributed by atoms with Gasteiger partial charge < -0.3 is 4.90 Å². The van der Waals surface area contributed by atoms with Crippen molar-refractivity contribution in [2.45, 2.75) is 24.3 Å². The van der Waals surface area contributed by atoms with Crippen LogP contribution in [-0.4, -0.2) is 43.7 Å². The Kier molecular flexibility index (Phi) is 6.37. The van der Waals surface area contributed by atoms with Gasteiger partial charge in [0.2, 0.25) is 15.9 Å². The molecule has 0 aliphatic carbocycles. The first-order chi connectivity index (χ1) is 13.3. The monoisotopic (exact) mass is 424 g/mol. The van der Waals surface area contributed by atoms with Crippen LogP contribution in [0.3, 0.4) is 0 Å². The van der Waals surface area contributed by atoms with Gasteiger partial charge in [-0.15, -0.1) is 0 Å². The molecule has 0 aromatic heterocycles. The molecule has 1 fully saturated rings. The third-order valence-electron chi connectivity index (χ3n) is 4.94. The lowest BCUT2D eigenvalue weighted by molar-refractivity contribution is -0.135. The van der Waals surface area contributed by atoms with Crippen molar-refractivity contribution in [1.82, 2.24) is 9.21 Å². The minimum absolute atomic E-state index is 0.0251. The minimum Gasteiger partial charge on any atom is -0.341 e. The van der Waals surface area contributed by atoms with Crippen molar-refractivity contribution in [2.75, 3.05) is 20.1 Å². The third kappa shape index (κ3) is 4.54. The van der Waals surface area contributed by atoms with Gasteiger partial charge in [0, 0.05) is 37.6 Å². The van der Waals surface area contributed by atoms with E-state index in [1.165, 1.54) is 22.5 Å². The number of rotatable bonds is 5. The summed E-state index contributed by atoms with van der Waals surface area (Å²) in [4.78, 5) is 14.0. The lowest BCUT2D eigenvalue weighted by Gasteiger charge is -2.32. The molecule has 1 amide bonds. The maximum Gasteiger partial charge on any atom is 0.245 e. The molecule has 0 bridgehead atoms. The summed E-state index contributed by atoms with van der Waals surface area (Å²) in [5.41, 5.74) is 0.933. The average Bonchev–Trinajstić information content (AvgIpc) is 2.67. The predicted octanol–water partition coefficient (Wildman–Crippen LogP) is 3.54. The highest BCUT2D eigenvalue weighted by Crippen LogP contribution is 2.26. The van der Waals surface area contributed by atoms with Crippen molar-refractivity contribution < 1.29 is 17.6 Å². The van der Waals surface area contributed by atoms with Gasteiger partial charge >= 0.3 is 0 Å². The normalized spacial score (nSPS) is 16.1. The maximum atomic E-state index is 13.9. The Morgan fingerprint density at radius 3 is 2.50 bits per heavy atom. The zero-order valence-corrected chi connectivity index (χ0v) is 17.1. The van der Waals surface area contributed by atoms with Crippen LogP contribution < -0.4 is 0 Å². The Labute approximate surface area is 169 Å². The number of hydrogen-bond donors (Lipinski definition) is 0. The van der Waals surface area contributed by atoms with Gasteiger partial charge in [-0.3, -0.25) is 4.79 Å². The second kappa shape index (κ2) is 8.59. The second-order valence-corrected chi connectivity index (χ2v) is 9.28. The third-order valence-corrected chi connectivity index (χ3v) is 7.11. The van der Waals surface area contributed by atoms with Crippen LogP contribution in [0.4, 0.5) is 4.39 Å². The Morgan fingerprint density at radius 2 is 1.86 bits per heavy atom. The van der Waals surface area contributed by atoms with Gasteiger partial charge in [0.15, 0.2) is 0 Å². The van der Waals surface area contributed by atoms with E-state index in [0.717, 1.165) is 11.6 Å². The van der Waals surface area contributed by atoms with Gasteiger partial charge in [0.25, 0.3) is 0 Å². The van der Waals surface area contributed by atoms with E-state index in [1.807, 2.05) is 18.2 Å². The van der Waals surface area contributed by atoms with Gasteiger partial charge in [-0.05, 0) is 42.7 Å². The summed E-state index contributed by atoms with van der Waals surface area (Å²) in [6, 6.07) is 12.7. The molecular weight excluding hydrogens is 403 g/mol. The number of halogens is 2. The molecule has 0 spiro atoms. The number of sulfonamides is 1. The highest BCUT2D eigenvalue weighted by atomic mass is 35.5. The Balaban J connectivity index is 1.61. The fourth-order valence-corrected chi connectivity index (χ4v) is 5.18. The molecule has 28 heavy (non-hydrogen) atoms. The van der Waals surface area contributed by atoms with E-state index in [0.29, 0.717) is 24.4 Å². The number of hydrogen-bond acceptors (Lipinski definition) is 3. The van der Waals surface area contributed by atoms with Crippen LogP contribution in [0.2, 0.25) is 5.02 Å². The Hall–Kier alpha value is -1.96. The van der Waals surface area contributed by atoms with Crippen molar-refractivity contribution in [3.05, 3.63) is 64.9 Å². The van der Waals surface area contributed by atoms with Gasteiger partial charge in [-0.25, -0.2) is 12.8 Å². The zero-order valence-electron chi connectivity index (χ0n) is 15.5. The summed E-state index contributed by atoms with van der Waals surface area (Å²) in [5, 5.41) is 0.616. The summed E-state index contributed by atoms with van der Waals surface area (Å²) >= 11 is 5.98. The van der Waals surface area contributed by atoms with Crippen LogP contribution in [-0.2, 0) is 21.4 Å². The maximum absolute atomic E-state index is 13.9. The number of carbonyl (C=O) groups excluding carboxylic acids is 1. The van der Waals surface area contributed by atoms with E-state index in [-0.39, 0.29) is 29.8 Å². The molecule has 5 nitrogen and oxygen atoms in total. The molecule has 0 saturated carbocycles.